The van der Waals surface area contributed by atoms with Crippen LogP contribution in [-0.4, -0.2) is 13.0 Å². The van der Waals surface area contributed by atoms with Crippen LogP contribution < -0.4 is 9.64 Å². The molecule has 0 aromatic heterocycles. The number of ether oxygens (including phenoxy) is 1. The van der Waals surface area contributed by atoms with E-state index in [1.165, 1.54) is 5.56 Å². The van der Waals surface area contributed by atoms with Crippen molar-refractivity contribution in [3.63, 3.8) is 0 Å². The van der Waals surface area contributed by atoms with E-state index in [1.807, 2.05) is 55.1 Å². The highest BCUT2D eigenvalue weighted by molar-refractivity contribution is 6.07. The Bertz CT molecular complexity index is 717. The molecular formula is C19H21NO2. The fraction of sp³-hybridized carbons (Fsp3) is 0.316. The van der Waals surface area contributed by atoms with Crippen LogP contribution in [0, 0.1) is 6.92 Å². The van der Waals surface area contributed by atoms with Gasteiger partial charge in [-0.3, -0.25) is 4.79 Å². The lowest BCUT2D eigenvalue weighted by molar-refractivity contribution is -0.122. The molecule has 0 radical (unpaired) electrons. The Balaban J connectivity index is 1.98. The highest BCUT2D eigenvalue weighted by Crippen LogP contribution is 2.43. The Morgan fingerprint density at radius 1 is 1.09 bits per heavy atom. The first-order chi connectivity index (χ1) is 10.4. The maximum Gasteiger partial charge on any atom is 0.237 e. The number of rotatable bonds is 3. The van der Waals surface area contributed by atoms with Gasteiger partial charge in [-0.2, -0.15) is 0 Å². The van der Waals surface area contributed by atoms with Crippen LogP contribution in [0.5, 0.6) is 5.75 Å². The van der Waals surface area contributed by atoms with E-state index >= 15 is 0 Å². The van der Waals surface area contributed by atoms with Gasteiger partial charge < -0.3 is 9.64 Å². The Labute approximate surface area is 131 Å². The van der Waals surface area contributed by atoms with Gasteiger partial charge in [-0.15, -0.1) is 0 Å². The molecule has 22 heavy (non-hydrogen) atoms. The monoisotopic (exact) mass is 295 g/mol. The molecule has 2 aromatic rings. The number of aryl methyl sites for hydroxylation is 1. The van der Waals surface area contributed by atoms with Crippen molar-refractivity contribution in [2.24, 2.45) is 0 Å². The van der Waals surface area contributed by atoms with Crippen LogP contribution in [0.1, 0.15) is 30.5 Å². The number of hydrogen-bond acceptors (Lipinski definition) is 2. The molecular weight excluding hydrogens is 274 g/mol. The van der Waals surface area contributed by atoms with E-state index in [1.54, 1.807) is 7.11 Å². The molecule has 1 heterocycles. The minimum atomic E-state index is -0.465. The first kappa shape index (κ1) is 14.6. The van der Waals surface area contributed by atoms with E-state index in [0.29, 0.717) is 6.54 Å². The van der Waals surface area contributed by atoms with E-state index in [4.69, 9.17) is 4.74 Å². The van der Waals surface area contributed by atoms with Gasteiger partial charge in [0.05, 0.1) is 19.1 Å². The van der Waals surface area contributed by atoms with E-state index < -0.39 is 5.41 Å². The Morgan fingerprint density at radius 2 is 1.77 bits per heavy atom. The molecule has 1 amide bonds. The third-order valence-electron chi connectivity index (χ3n) is 4.45. The average molecular weight is 295 g/mol. The summed E-state index contributed by atoms with van der Waals surface area (Å²) < 4.78 is 5.18. The molecule has 0 unspecified atom stereocenters. The van der Waals surface area contributed by atoms with E-state index in [-0.39, 0.29) is 5.91 Å². The van der Waals surface area contributed by atoms with Crippen molar-refractivity contribution >= 4 is 11.6 Å². The lowest BCUT2D eigenvalue weighted by atomic mass is 9.83. The molecule has 3 rings (SSSR count). The summed E-state index contributed by atoms with van der Waals surface area (Å²) in [5.41, 5.74) is 3.99. The Hall–Kier alpha value is -2.29. The summed E-state index contributed by atoms with van der Waals surface area (Å²) in [7, 11) is 1.65. The second-order valence-electron chi connectivity index (χ2n) is 6.33. The number of nitrogens with zero attached hydrogens (tertiary/aromatic N) is 1. The largest absolute Gasteiger partial charge is 0.497 e. The van der Waals surface area contributed by atoms with Gasteiger partial charge in [0.15, 0.2) is 0 Å². The van der Waals surface area contributed by atoms with Crippen LogP contribution in [0.3, 0.4) is 0 Å². The quantitative estimate of drug-likeness (QED) is 0.861. The van der Waals surface area contributed by atoms with Gasteiger partial charge in [0, 0.05) is 5.69 Å². The Morgan fingerprint density at radius 3 is 2.41 bits per heavy atom. The molecule has 0 saturated carbocycles. The summed E-state index contributed by atoms with van der Waals surface area (Å²) >= 11 is 0. The summed E-state index contributed by atoms with van der Waals surface area (Å²) in [5.74, 6) is 0.987. The summed E-state index contributed by atoms with van der Waals surface area (Å²) in [4.78, 5) is 14.8. The normalized spacial score (nSPS) is 15.8. The molecule has 0 N–H and O–H groups in total. The summed E-state index contributed by atoms with van der Waals surface area (Å²) in [5, 5.41) is 0. The lowest BCUT2D eigenvalue weighted by Crippen LogP contribution is -2.35. The first-order valence-electron chi connectivity index (χ1n) is 7.50. The van der Waals surface area contributed by atoms with E-state index in [0.717, 1.165) is 22.6 Å². The number of methoxy groups -OCH3 is 1. The molecule has 0 bridgehead atoms. The fourth-order valence-electron chi connectivity index (χ4n) is 3.31. The lowest BCUT2D eigenvalue weighted by Gasteiger charge is -2.20. The Kier molecular flexibility index (Phi) is 3.44. The van der Waals surface area contributed by atoms with Gasteiger partial charge in [0.2, 0.25) is 5.91 Å². The average Bonchev–Trinajstić information content (AvgIpc) is 2.70. The summed E-state index contributed by atoms with van der Waals surface area (Å²) in [6.07, 6.45) is 0. The van der Waals surface area contributed by atoms with Crippen molar-refractivity contribution < 1.29 is 9.53 Å². The third-order valence-corrected chi connectivity index (χ3v) is 4.45. The van der Waals surface area contributed by atoms with Gasteiger partial charge >= 0.3 is 0 Å². The molecule has 3 heteroatoms. The third kappa shape index (κ3) is 2.17. The van der Waals surface area contributed by atoms with Gasteiger partial charge in [0.1, 0.15) is 5.75 Å². The molecule has 0 atom stereocenters. The molecule has 2 aromatic carbocycles. The van der Waals surface area contributed by atoms with Crippen LogP contribution in [0.25, 0.3) is 0 Å². The van der Waals surface area contributed by atoms with Crippen molar-refractivity contribution in [3.05, 3.63) is 59.2 Å². The predicted molar refractivity (Wildman–Crippen MR) is 88.4 cm³/mol. The summed E-state index contributed by atoms with van der Waals surface area (Å²) in [6, 6.07) is 14.0. The minimum Gasteiger partial charge on any atom is -0.497 e. The van der Waals surface area contributed by atoms with Crippen LogP contribution in [0.4, 0.5) is 5.69 Å². The van der Waals surface area contributed by atoms with E-state index in [9.17, 15) is 4.79 Å². The first-order valence-corrected chi connectivity index (χ1v) is 7.50. The molecule has 0 saturated heterocycles. The number of amides is 1. The zero-order valence-electron chi connectivity index (χ0n) is 13.5. The zero-order valence-corrected chi connectivity index (χ0v) is 13.5. The van der Waals surface area contributed by atoms with Crippen molar-refractivity contribution in [1.29, 1.82) is 0 Å². The van der Waals surface area contributed by atoms with Crippen LogP contribution in [0.2, 0.25) is 0 Å². The molecule has 0 fully saturated rings. The maximum atomic E-state index is 12.9. The molecule has 3 nitrogen and oxygen atoms in total. The number of benzene rings is 2. The number of anilines is 1. The molecule has 114 valence electrons. The van der Waals surface area contributed by atoms with Gasteiger partial charge in [-0.1, -0.05) is 24.3 Å². The van der Waals surface area contributed by atoms with Crippen LogP contribution in [-0.2, 0) is 16.8 Å². The van der Waals surface area contributed by atoms with Crippen LogP contribution in [0.15, 0.2) is 42.5 Å². The van der Waals surface area contributed by atoms with Crippen molar-refractivity contribution in [3.8, 4) is 5.75 Å². The minimum absolute atomic E-state index is 0.160. The predicted octanol–water partition coefficient (Wildman–Crippen LogP) is 3.83. The number of carbonyl (C=O) groups excluding carboxylic acids is 1. The highest BCUT2D eigenvalue weighted by atomic mass is 16.5. The van der Waals surface area contributed by atoms with Crippen molar-refractivity contribution in [2.45, 2.75) is 32.7 Å². The van der Waals surface area contributed by atoms with Crippen LogP contribution >= 0.6 is 0 Å². The smallest absolute Gasteiger partial charge is 0.237 e. The molecule has 1 aliphatic heterocycles. The van der Waals surface area contributed by atoms with Gasteiger partial charge in [-0.05, 0) is 55.7 Å². The van der Waals surface area contributed by atoms with Gasteiger partial charge in [-0.25, -0.2) is 0 Å². The maximum absolute atomic E-state index is 12.9. The topological polar surface area (TPSA) is 29.5 Å². The number of fused-ring (bicyclic) bond motifs is 1. The van der Waals surface area contributed by atoms with Crippen molar-refractivity contribution in [1.82, 2.24) is 0 Å². The van der Waals surface area contributed by atoms with E-state index in [2.05, 4.69) is 13.0 Å². The highest BCUT2D eigenvalue weighted by Gasteiger charge is 2.44. The summed E-state index contributed by atoms with van der Waals surface area (Å²) in [6.45, 7) is 6.68. The van der Waals surface area contributed by atoms with Crippen molar-refractivity contribution in [2.75, 3.05) is 12.0 Å². The van der Waals surface area contributed by atoms with Gasteiger partial charge in [0.25, 0.3) is 0 Å². The molecule has 1 aliphatic rings. The SMILES string of the molecule is COc1ccc(CN2C(=O)C(C)(C)c3c(C)cccc32)cc1. The molecule has 0 aliphatic carbocycles. The fourth-order valence-corrected chi connectivity index (χ4v) is 3.31. The zero-order chi connectivity index (χ0) is 15.9. The second-order valence-corrected chi connectivity index (χ2v) is 6.33. The molecule has 0 spiro atoms. The second kappa shape index (κ2) is 5.16. The standard InChI is InChI=1S/C19H21NO2/c1-13-6-5-7-16-17(13)19(2,3)18(21)20(16)12-14-8-10-15(22-4)11-9-14/h5-11H,12H2,1-4H3. The number of carbonyl (C=O) groups is 1. The number of hydrogen-bond donors (Lipinski definition) is 0.